The Morgan fingerprint density at radius 1 is 1.12 bits per heavy atom. The first-order valence-electron chi connectivity index (χ1n) is 9.62. The van der Waals surface area contributed by atoms with E-state index in [1.165, 1.54) is 56.8 Å². The molecule has 3 aromatic rings. The molecular formula is C21H23N3O6S2. The third-order valence-corrected chi connectivity index (χ3v) is 7.43. The Bertz CT molecular complexity index is 1320. The maximum atomic E-state index is 12.8. The monoisotopic (exact) mass is 477 g/mol. The second-order valence-electron chi connectivity index (χ2n) is 6.81. The van der Waals surface area contributed by atoms with Crippen LogP contribution in [0.1, 0.15) is 17.3 Å². The van der Waals surface area contributed by atoms with Gasteiger partial charge in [-0.2, -0.15) is 4.99 Å². The third kappa shape index (κ3) is 4.74. The molecule has 1 amide bonds. The molecule has 2 aromatic carbocycles. The van der Waals surface area contributed by atoms with Gasteiger partial charge >= 0.3 is 5.97 Å². The molecule has 0 bridgehead atoms. The number of nitrogens with zero attached hydrogens (tertiary/aromatic N) is 3. The molecule has 0 fully saturated rings. The number of hydrogen-bond acceptors (Lipinski definition) is 7. The summed E-state index contributed by atoms with van der Waals surface area (Å²) in [6.07, 6.45) is 0. The SMILES string of the molecule is CCOC(=O)Cn1c(=NC(=O)c2ccc(S(=O)(=O)N(C)C)cc2)sc2cccc(OC)c21. The summed E-state index contributed by atoms with van der Waals surface area (Å²) in [5.41, 5.74) is 0.849. The van der Waals surface area contributed by atoms with Gasteiger partial charge in [-0.25, -0.2) is 12.7 Å². The molecule has 0 spiro atoms. The zero-order valence-corrected chi connectivity index (χ0v) is 19.7. The van der Waals surface area contributed by atoms with Crippen LogP contribution in [0.25, 0.3) is 10.2 Å². The molecule has 1 heterocycles. The van der Waals surface area contributed by atoms with Crippen molar-refractivity contribution >= 4 is 43.5 Å². The van der Waals surface area contributed by atoms with E-state index in [1.807, 2.05) is 12.1 Å². The largest absolute Gasteiger partial charge is 0.495 e. The van der Waals surface area contributed by atoms with Gasteiger partial charge in [-0.05, 0) is 43.3 Å². The van der Waals surface area contributed by atoms with E-state index < -0.39 is 21.9 Å². The van der Waals surface area contributed by atoms with Crippen LogP contribution in [-0.2, 0) is 26.1 Å². The van der Waals surface area contributed by atoms with E-state index in [2.05, 4.69) is 4.99 Å². The van der Waals surface area contributed by atoms with Crippen molar-refractivity contribution in [1.29, 1.82) is 0 Å². The second-order valence-corrected chi connectivity index (χ2v) is 9.97. The zero-order valence-electron chi connectivity index (χ0n) is 18.1. The normalized spacial score (nSPS) is 12.3. The molecule has 170 valence electrons. The molecule has 0 N–H and O–H groups in total. The van der Waals surface area contributed by atoms with Gasteiger partial charge in [-0.3, -0.25) is 9.59 Å². The van der Waals surface area contributed by atoms with Crippen LogP contribution >= 0.6 is 11.3 Å². The molecular weight excluding hydrogens is 454 g/mol. The van der Waals surface area contributed by atoms with Crippen LogP contribution in [0.2, 0.25) is 0 Å². The summed E-state index contributed by atoms with van der Waals surface area (Å²) in [5, 5.41) is 0. The standard InChI is InChI=1S/C21H23N3O6S2/c1-5-30-18(25)13-24-19-16(29-4)7-6-8-17(19)31-21(24)22-20(26)14-9-11-15(12-10-14)32(27,28)23(2)3/h6-12H,5,13H2,1-4H3. The fraction of sp³-hybridized carbons (Fsp3) is 0.286. The molecule has 32 heavy (non-hydrogen) atoms. The molecule has 0 aliphatic carbocycles. The average Bonchev–Trinajstić information content (AvgIpc) is 3.10. The highest BCUT2D eigenvalue weighted by atomic mass is 32.2. The van der Waals surface area contributed by atoms with Crippen LogP contribution in [0.4, 0.5) is 0 Å². The number of hydrogen-bond donors (Lipinski definition) is 0. The predicted molar refractivity (Wildman–Crippen MR) is 120 cm³/mol. The summed E-state index contributed by atoms with van der Waals surface area (Å²) in [7, 11) is 0.780. The quantitative estimate of drug-likeness (QED) is 0.483. The van der Waals surface area contributed by atoms with Crippen molar-refractivity contribution < 1.29 is 27.5 Å². The van der Waals surface area contributed by atoms with E-state index in [9.17, 15) is 18.0 Å². The molecule has 3 rings (SSSR count). The fourth-order valence-electron chi connectivity index (χ4n) is 2.96. The Balaban J connectivity index is 2.07. The number of carbonyl (C=O) groups excluding carboxylic acids is 2. The molecule has 0 saturated heterocycles. The summed E-state index contributed by atoms with van der Waals surface area (Å²) in [6.45, 7) is 1.80. The van der Waals surface area contributed by atoms with Crippen molar-refractivity contribution in [1.82, 2.24) is 8.87 Å². The smallest absolute Gasteiger partial charge is 0.326 e. The number of esters is 1. The van der Waals surface area contributed by atoms with Crippen LogP contribution in [0.3, 0.4) is 0 Å². The minimum Gasteiger partial charge on any atom is -0.495 e. The number of ether oxygens (including phenoxy) is 2. The van der Waals surface area contributed by atoms with Crippen LogP contribution in [0.15, 0.2) is 52.4 Å². The van der Waals surface area contributed by atoms with Gasteiger partial charge in [-0.15, -0.1) is 0 Å². The number of fused-ring (bicyclic) bond motifs is 1. The summed E-state index contributed by atoms with van der Waals surface area (Å²) in [4.78, 5) is 29.6. The number of thiazole rings is 1. The molecule has 11 heteroatoms. The highest BCUT2D eigenvalue weighted by Gasteiger charge is 2.19. The molecule has 0 unspecified atom stereocenters. The number of carbonyl (C=O) groups is 2. The first-order valence-corrected chi connectivity index (χ1v) is 11.9. The van der Waals surface area contributed by atoms with E-state index in [-0.39, 0.29) is 23.6 Å². The van der Waals surface area contributed by atoms with Crippen LogP contribution in [-0.4, -0.2) is 57.0 Å². The van der Waals surface area contributed by atoms with Gasteiger partial charge in [-0.1, -0.05) is 17.4 Å². The highest BCUT2D eigenvalue weighted by molar-refractivity contribution is 7.89. The van der Waals surface area contributed by atoms with Crippen molar-refractivity contribution in [2.24, 2.45) is 4.99 Å². The third-order valence-electron chi connectivity index (χ3n) is 4.55. The number of benzene rings is 2. The van der Waals surface area contributed by atoms with Crippen molar-refractivity contribution in [2.45, 2.75) is 18.4 Å². The molecule has 0 aliphatic heterocycles. The van der Waals surface area contributed by atoms with Gasteiger partial charge in [0, 0.05) is 19.7 Å². The highest BCUT2D eigenvalue weighted by Crippen LogP contribution is 2.27. The second kappa shape index (κ2) is 9.63. The molecule has 1 aromatic heterocycles. The van der Waals surface area contributed by atoms with E-state index in [0.29, 0.717) is 16.1 Å². The lowest BCUT2D eigenvalue weighted by molar-refractivity contribution is -0.143. The maximum absolute atomic E-state index is 12.8. The zero-order chi connectivity index (χ0) is 23.5. The van der Waals surface area contributed by atoms with Crippen molar-refractivity contribution in [3.05, 3.63) is 52.8 Å². The summed E-state index contributed by atoms with van der Waals surface area (Å²) in [5.74, 6) is -0.498. The minimum absolute atomic E-state index is 0.0722. The molecule has 0 radical (unpaired) electrons. The lowest BCUT2D eigenvalue weighted by atomic mass is 10.2. The first kappa shape index (κ1) is 23.6. The van der Waals surface area contributed by atoms with Gasteiger partial charge in [0.15, 0.2) is 4.80 Å². The van der Waals surface area contributed by atoms with Gasteiger partial charge in [0.25, 0.3) is 5.91 Å². The Kier molecular flexibility index (Phi) is 7.12. The molecule has 0 saturated carbocycles. The summed E-state index contributed by atoms with van der Waals surface area (Å²) >= 11 is 1.23. The maximum Gasteiger partial charge on any atom is 0.326 e. The number of para-hydroxylation sites is 1. The van der Waals surface area contributed by atoms with Gasteiger partial charge in [0.2, 0.25) is 10.0 Å². The van der Waals surface area contributed by atoms with E-state index >= 15 is 0 Å². The van der Waals surface area contributed by atoms with Crippen LogP contribution in [0.5, 0.6) is 5.75 Å². The number of rotatable bonds is 7. The first-order chi connectivity index (χ1) is 15.2. The Hall–Kier alpha value is -3.02. The van der Waals surface area contributed by atoms with Gasteiger partial charge < -0.3 is 14.0 Å². The molecule has 0 atom stereocenters. The van der Waals surface area contributed by atoms with E-state index in [1.54, 1.807) is 17.6 Å². The number of aromatic nitrogens is 1. The fourth-order valence-corrected chi connectivity index (χ4v) is 4.91. The van der Waals surface area contributed by atoms with Crippen molar-refractivity contribution in [2.75, 3.05) is 27.8 Å². The van der Waals surface area contributed by atoms with E-state index in [4.69, 9.17) is 9.47 Å². The lowest BCUT2D eigenvalue weighted by Gasteiger charge is -2.11. The van der Waals surface area contributed by atoms with Gasteiger partial charge in [0.05, 0.1) is 23.3 Å². The lowest BCUT2D eigenvalue weighted by Crippen LogP contribution is -2.23. The number of sulfonamides is 1. The van der Waals surface area contributed by atoms with Crippen LogP contribution in [0, 0.1) is 0 Å². The number of amides is 1. The Morgan fingerprint density at radius 2 is 1.81 bits per heavy atom. The number of methoxy groups -OCH3 is 1. The average molecular weight is 478 g/mol. The van der Waals surface area contributed by atoms with Crippen molar-refractivity contribution in [3.63, 3.8) is 0 Å². The Labute approximate surface area is 189 Å². The molecule has 0 aliphatic rings. The Morgan fingerprint density at radius 3 is 2.41 bits per heavy atom. The topological polar surface area (TPSA) is 107 Å². The van der Waals surface area contributed by atoms with Gasteiger partial charge in [0.1, 0.15) is 17.8 Å². The van der Waals surface area contributed by atoms with E-state index in [0.717, 1.165) is 9.01 Å². The summed E-state index contributed by atoms with van der Waals surface area (Å²) in [6, 6.07) is 10.9. The minimum atomic E-state index is -3.60. The van der Waals surface area contributed by atoms with Crippen molar-refractivity contribution in [3.8, 4) is 5.75 Å². The predicted octanol–water partition coefficient (Wildman–Crippen LogP) is 2.27. The van der Waals surface area contributed by atoms with Crippen LogP contribution < -0.4 is 9.54 Å². The molecule has 9 nitrogen and oxygen atoms in total. The summed E-state index contributed by atoms with van der Waals surface area (Å²) < 4.78 is 38.4.